The van der Waals surface area contributed by atoms with Crippen LogP contribution in [0.3, 0.4) is 0 Å². The summed E-state index contributed by atoms with van der Waals surface area (Å²) in [5.74, 6) is 2.82. The molecule has 29 heavy (non-hydrogen) atoms. The number of carbonyl (C=O) groups excluding carboxylic acids is 1. The molecule has 1 saturated heterocycles. The molecule has 0 N–H and O–H groups in total. The van der Waals surface area contributed by atoms with Crippen LogP contribution in [0.1, 0.15) is 72.0 Å². The van der Waals surface area contributed by atoms with Crippen LogP contribution in [-0.4, -0.2) is 50.2 Å². The van der Waals surface area contributed by atoms with Gasteiger partial charge < -0.3 is 9.80 Å². The van der Waals surface area contributed by atoms with E-state index in [4.69, 9.17) is 9.97 Å². The monoisotopic (exact) mass is 394 g/mol. The number of hydrogen-bond donors (Lipinski definition) is 0. The van der Waals surface area contributed by atoms with Gasteiger partial charge in [0.1, 0.15) is 5.82 Å². The van der Waals surface area contributed by atoms with E-state index in [1.165, 1.54) is 24.8 Å². The maximum atomic E-state index is 13.2. The molecule has 2 aromatic rings. The molecule has 0 radical (unpaired) electrons. The highest BCUT2D eigenvalue weighted by Gasteiger charge is 2.34. The van der Waals surface area contributed by atoms with Crippen molar-refractivity contribution in [1.29, 1.82) is 0 Å². The molecule has 7 nitrogen and oxygen atoms in total. The van der Waals surface area contributed by atoms with Crippen molar-refractivity contribution in [2.24, 2.45) is 13.0 Å². The van der Waals surface area contributed by atoms with E-state index in [1.54, 1.807) is 17.1 Å². The molecule has 5 rings (SSSR count). The molecule has 154 valence electrons. The number of aromatic nitrogens is 4. The highest BCUT2D eigenvalue weighted by Crippen LogP contribution is 2.37. The third-order valence-electron chi connectivity index (χ3n) is 6.55. The van der Waals surface area contributed by atoms with Gasteiger partial charge in [0.05, 0.1) is 17.8 Å². The number of anilines is 1. The number of hydrogen-bond acceptors (Lipinski definition) is 5. The lowest BCUT2D eigenvalue weighted by Crippen LogP contribution is -2.40. The standard InChI is InChI=1S/C22H30N6O/c1-15-18-6-5-10-27(13-16-8-9-16)21(18)25-20(24-15)19-7-3-4-11-28(19)22(29)17-12-23-26(2)14-17/h12,14,16,19H,3-11,13H2,1-2H3/t19-/m0/s1. The minimum Gasteiger partial charge on any atom is -0.356 e. The summed E-state index contributed by atoms with van der Waals surface area (Å²) < 4.78 is 1.68. The Kier molecular flexibility index (Phi) is 4.76. The highest BCUT2D eigenvalue weighted by atomic mass is 16.2. The highest BCUT2D eigenvalue weighted by molar-refractivity contribution is 5.94. The normalized spacial score (nSPS) is 21.9. The van der Waals surface area contributed by atoms with Gasteiger partial charge in [-0.3, -0.25) is 9.48 Å². The zero-order chi connectivity index (χ0) is 20.0. The number of amides is 1. The van der Waals surface area contributed by atoms with Gasteiger partial charge >= 0.3 is 0 Å². The summed E-state index contributed by atoms with van der Waals surface area (Å²) >= 11 is 0. The van der Waals surface area contributed by atoms with E-state index in [0.29, 0.717) is 5.56 Å². The number of rotatable bonds is 4. The maximum absolute atomic E-state index is 13.2. The van der Waals surface area contributed by atoms with Crippen molar-refractivity contribution in [3.8, 4) is 0 Å². The van der Waals surface area contributed by atoms with Gasteiger partial charge in [0.25, 0.3) is 5.91 Å². The van der Waals surface area contributed by atoms with Gasteiger partial charge in [-0.1, -0.05) is 0 Å². The largest absolute Gasteiger partial charge is 0.356 e. The third-order valence-corrected chi connectivity index (χ3v) is 6.55. The smallest absolute Gasteiger partial charge is 0.257 e. The van der Waals surface area contributed by atoms with Crippen LogP contribution < -0.4 is 4.90 Å². The lowest BCUT2D eigenvalue weighted by molar-refractivity contribution is 0.0599. The molecule has 0 spiro atoms. The van der Waals surface area contributed by atoms with Crippen molar-refractivity contribution < 1.29 is 4.79 Å². The Morgan fingerprint density at radius 1 is 1.14 bits per heavy atom. The van der Waals surface area contributed by atoms with Crippen molar-refractivity contribution in [1.82, 2.24) is 24.6 Å². The van der Waals surface area contributed by atoms with Gasteiger partial charge in [-0.2, -0.15) is 5.10 Å². The van der Waals surface area contributed by atoms with Crippen LogP contribution >= 0.6 is 0 Å². The Hall–Kier alpha value is -2.44. The second-order valence-electron chi connectivity index (χ2n) is 8.88. The van der Waals surface area contributed by atoms with Crippen LogP contribution in [0.15, 0.2) is 12.4 Å². The van der Waals surface area contributed by atoms with E-state index in [-0.39, 0.29) is 11.9 Å². The van der Waals surface area contributed by atoms with Crippen LogP contribution in [0.5, 0.6) is 0 Å². The second kappa shape index (κ2) is 7.43. The van der Waals surface area contributed by atoms with Crippen molar-refractivity contribution in [2.75, 3.05) is 24.5 Å². The van der Waals surface area contributed by atoms with Gasteiger partial charge in [-0.25, -0.2) is 9.97 Å². The quantitative estimate of drug-likeness (QED) is 0.797. The molecule has 2 aliphatic heterocycles. The van der Waals surface area contributed by atoms with Gasteiger partial charge in [-0.05, 0) is 57.8 Å². The van der Waals surface area contributed by atoms with Gasteiger partial charge in [-0.15, -0.1) is 0 Å². The third kappa shape index (κ3) is 3.63. The fourth-order valence-corrected chi connectivity index (χ4v) is 4.79. The van der Waals surface area contributed by atoms with Crippen molar-refractivity contribution >= 4 is 11.7 Å². The number of piperidine rings is 1. The SMILES string of the molecule is Cc1nc([C@@H]2CCCCN2C(=O)c2cnn(C)c2)nc2c1CCCN2CC1CC1. The molecular formula is C22H30N6O. The summed E-state index contributed by atoms with van der Waals surface area (Å²) in [5, 5.41) is 4.18. The average molecular weight is 395 g/mol. The Labute approximate surface area is 172 Å². The van der Waals surface area contributed by atoms with E-state index >= 15 is 0 Å². The molecular weight excluding hydrogens is 364 g/mol. The molecule has 1 amide bonds. The number of fused-ring (bicyclic) bond motifs is 1. The predicted molar refractivity (Wildman–Crippen MR) is 111 cm³/mol. The summed E-state index contributed by atoms with van der Waals surface area (Å²) in [4.78, 5) is 27.7. The summed E-state index contributed by atoms with van der Waals surface area (Å²) in [6.45, 7) is 5.07. The van der Waals surface area contributed by atoms with Gasteiger partial charge in [0.15, 0.2) is 5.82 Å². The first-order valence-electron chi connectivity index (χ1n) is 11.0. The Bertz CT molecular complexity index is 918. The van der Waals surface area contributed by atoms with Crippen molar-refractivity contribution in [2.45, 2.75) is 57.9 Å². The molecule has 0 aromatic carbocycles. The summed E-state index contributed by atoms with van der Waals surface area (Å²) in [5.41, 5.74) is 3.04. The first-order valence-corrected chi connectivity index (χ1v) is 11.0. The van der Waals surface area contributed by atoms with Crippen LogP contribution in [0.4, 0.5) is 5.82 Å². The van der Waals surface area contributed by atoms with Crippen LogP contribution in [0.25, 0.3) is 0 Å². The predicted octanol–water partition coefficient (Wildman–Crippen LogP) is 3.05. The zero-order valence-electron chi connectivity index (χ0n) is 17.5. The zero-order valence-corrected chi connectivity index (χ0v) is 17.5. The van der Waals surface area contributed by atoms with Gasteiger partial charge in [0.2, 0.25) is 0 Å². The van der Waals surface area contributed by atoms with E-state index in [0.717, 1.165) is 68.6 Å². The Balaban J connectivity index is 1.48. The average Bonchev–Trinajstić information content (AvgIpc) is 3.45. The molecule has 0 unspecified atom stereocenters. The Morgan fingerprint density at radius 2 is 2.00 bits per heavy atom. The van der Waals surface area contributed by atoms with Gasteiger partial charge in [0, 0.05) is 44.1 Å². The molecule has 2 fully saturated rings. The van der Waals surface area contributed by atoms with Crippen LogP contribution in [-0.2, 0) is 13.5 Å². The van der Waals surface area contributed by atoms with Crippen molar-refractivity contribution in [3.05, 3.63) is 35.0 Å². The molecule has 2 aromatic heterocycles. The van der Waals surface area contributed by atoms with Crippen LogP contribution in [0.2, 0.25) is 0 Å². The summed E-state index contributed by atoms with van der Waals surface area (Å²) in [7, 11) is 1.84. The van der Waals surface area contributed by atoms with E-state index in [9.17, 15) is 4.79 Å². The minimum atomic E-state index is -0.0508. The molecule has 1 atom stereocenters. The second-order valence-corrected chi connectivity index (χ2v) is 8.88. The molecule has 0 bridgehead atoms. The molecule has 1 saturated carbocycles. The first kappa shape index (κ1) is 18.6. The Morgan fingerprint density at radius 3 is 2.76 bits per heavy atom. The van der Waals surface area contributed by atoms with Crippen LogP contribution in [0, 0.1) is 12.8 Å². The fraction of sp³-hybridized carbons (Fsp3) is 0.636. The lowest BCUT2D eigenvalue weighted by atomic mass is 9.99. The van der Waals surface area contributed by atoms with E-state index < -0.39 is 0 Å². The number of nitrogens with zero attached hydrogens (tertiary/aromatic N) is 6. The summed E-state index contributed by atoms with van der Waals surface area (Å²) in [6, 6.07) is -0.0508. The van der Waals surface area contributed by atoms with E-state index in [1.807, 2.05) is 11.9 Å². The first-order chi connectivity index (χ1) is 14.1. The van der Waals surface area contributed by atoms with Crippen molar-refractivity contribution in [3.63, 3.8) is 0 Å². The maximum Gasteiger partial charge on any atom is 0.257 e. The summed E-state index contributed by atoms with van der Waals surface area (Å²) in [6.07, 6.45) is 11.4. The molecule has 1 aliphatic carbocycles. The number of aryl methyl sites for hydroxylation is 2. The lowest BCUT2D eigenvalue weighted by Gasteiger charge is -2.36. The minimum absolute atomic E-state index is 0.0385. The fourth-order valence-electron chi connectivity index (χ4n) is 4.79. The topological polar surface area (TPSA) is 67.2 Å². The molecule has 7 heteroatoms. The number of likely N-dealkylation sites (tertiary alicyclic amines) is 1. The van der Waals surface area contributed by atoms with E-state index in [2.05, 4.69) is 16.9 Å². The number of carbonyl (C=O) groups is 1. The molecule has 4 heterocycles. The molecule has 3 aliphatic rings.